The van der Waals surface area contributed by atoms with Crippen molar-refractivity contribution in [3.05, 3.63) is 76.0 Å². The molecule has 0 amide bonds. The first-order chi connectivity index (χ1) is 10.6. The quantitative estimate of drug-likeness (QED) is 0.538. The summed E-state index contributed by atoms with van der Waals surface area (Å²) >= 11 is 0. The van der Waals surface area contributed by atoms with Crippen LogP contribution in [0.2, 0.25) is 0 Å². The highest BCUT2D eigenvalue weighted by Gasteiger charge is 2.06. The third-order valence-corrected chi connectivity index (χ3v) is 3.36. The topological polar surface area (TPSA) is 65.3 Å². The van der Waals surface area contributed by atoms with Crippen molar-refractivity contribution in [2.24, 2.45) is 0 Å². The van der Waals surface area contributed by atoms with Gasteiger partial charge in [0.25, 0.3) is 5.69 Å². The van der Waals surface area contributed by atoms with Crippen molar-refractivity contribution in [3.63, 3.8) is 0 Å². The Bertz CT molecular complexity index is 829. The van der Waals surface area contributed by atoms with Gasteiger partial charge in [0, 0.05) is 23.2 Å². The van der Waals surface area contributed by atoms with Gasteiger partial charge in [-0.05, 0) is 36.8 Å². The van der Waals surface area contributed by atoms with Crippen LogP contribution in [0.5, 0.6) is 5.75 Å². The molecule has 0 saturated heterocycles. The SMILES string of the molecule is Cc1ccc2cccc(OCc3ccc([N+](=O)[O-])cc3)c2n1. The molecular weight excluding hydrogens is 280 g/mol. The number of benzene rings is 2. The van der Waals surface area contributed by atoms with E-state index in [1.54, 1.807) is 12.1 Å². The highest BCUT2D eigenvalue weighted by molar-refractivity contribution is 5.84. The first kappa shape index (κ1) is 14.0. The number of para-hydroxylation sites is 1. The summed E-state index contributed by atoms with van der Waals surface area (Å²) in [5, 5.41) is 11.7. The second-order valence-electron chi connectivity index (χ2n) is 4.99. The number of nitro groups is 1. The molecule has 0 atom stereocenters. The van der Waals surface area contributed by atoms with E-state index in [2.05, 4.69) is 4.98 Å². The van der Waals surface area contributed by atoms with Crippen LogP contribution in [0.1, 0.15) is 11.3 Å². The summed E-state index contributed by atoms with van der Waals surface area (Å²) in [7, 11) is 0. The summed E-state index contributed by atoms with van der Waals surface area (Å²) in [5.41, 5.74) is 2.70. The Morgan fingerprint density at radius 1 is 1.09 bits per heavy atom. The molecule has 0 radical (unpaired) electrons. The van der Waals surface area contributed by atoms with E-state index in [4.69, 9.17) is 4.74 Å². The number of rotatable bonds is 4. The zero-order chi connectivity index (χ0) is 15.5. The first-order valence-electron chi connectivity index (χ1n) is 6.86. The van der Waals surface area contributed by atoms with Gasteiger partial charge in [-0.25, -0.2) is 4.98 Å². The molecular formula is C17H14N2O3. The monoisotopic (exact) mass is 294 g/mol. The minimum atomic E-state index is -0.415. The molecule has 0 fully saturated rings. The van der Waals surface area contributed by atoms with Crippen molar-refractivity contribution in [2.75, 3.05) is 0 Å². The van der Waals surface area contributed by atoms with E-state index in [9.17, 15) is 10.1 Å². The zero-order valence-electron chi connectivity index (χ0n) is 12.0. The Kier molecular flexibility index (Phi) is 3.70. The predicted molar refractivity (Wildman–Crippen MR) is 83.9 cm³/mol. The summed E-state index contributed by atoms with van der Waals surface area (Å²) in [4.78, 5) is 14.7. The van der Waals surface area contributed by atoms with Gasteiger partial charge in [-0.2, -0.15) is 0 Å². The molecule has 110 valence electrons. The number of aromatic nitrogens is 1. The largest absolute Gasteiger partial charge is 0.487 e. The maximum atomic E-state index is 10.6. The van der Waals surface area contributed by atoms with Crippen LogP contribution in [-0.4, -0.2) is 9.91 Å². The molecule has 5 heteroatoms. The van der Waals surface area contributed by atoms with E-state index in [-0.39, 0.29) is 5.69 Å². The molecule has 1 heterocycles. The highest BCUT2D eigenvalue weighted by Crippen LogP contribution is 2.25. The fourth-order valence-corrected chi connectivity index (χ4v) is 2.21. The van der Waals surface area contributed by atoms with E-state index < -0.39 is 4.92 Å². The molecule has 0 aliphatic heterocycles. The van der Waals surface area contributed by atoms with E-state index in [1.807, 2.05) is 37.3 Å². The lowest BCUT2D eigenvalue weighted by atomic mass is 10.2. The molecule has 3 rings (SSSR count). The summed E-state index contributed by atoms with van der Waals surface area (Å²) in [6, 6.07) is 16.1. The van der Waals surface area contributed by atoms with Crippen molar-refractivity contribution in [1.82, 2.24) is 4.98 Å². The second kappa shape index (κ2) is 5.81. The number of aryl methyl sites for hydroxylation is 1. The molecule has 0 spiro atoms. The van der Waals surface area contributed by atoms with Crippen molar-refractivity contribution >= 4 is 16.6 Å². The van der Waals surface area contributed by atoms with Gasteiger partial charge in [-0.15, -0.1) is 0 Å². The number of nitrogens with zero attached hydrogens (tertiary/aromatic N) is 2. The van der Waals surface area contributed by atoms with Crippen molar-refractivity contribution < 1.29 is 9.66 Å². The first-order valence-corrected chi connectivity index (χ1v) is 6.86. The van der Waals surface area contributed by atoms with Crippen LogP contribution in [0, 0.1) is 17.0 Å². The summed E-state index contributed by atoms with van der Waals surface area (Å²) in [6.07, 6.45) is 0. The van der Waals surface area contributed by atoms with Gasteiger partial charge in [0.15, 0.2) is 0 Å². The molecule has 0 saturated carbocycles. The van der Waals surface area contributed by atoms with E-state index in [0.29, 0.717) is 12.4 Å². The molecule has 2 aromatic carbocycles. The Hall–Kier alpha value is -2.95. The lowest BCUT2D eigenvalue weighted by Gasteiger charge is -2.09. The number of hydrogen-bond donors (Lipinski definition) is 0. The van der Waals surface area contributed by atoms with Gasteiger partial charge >= 0.3 is 0 Å². The van der Waals surface area contributed by atoms with Gasteiger partial charge in [0.1, 0.15) is 17.9 Å². The van der Waals surface area contributed by atoms with Crippen LogP contribution in [0.4, 0.5) is 5.69 Å². The van der Waals surface area contributed by atoms with Gasteiger partial charge < -0.3 is 4.74 Å². The molecule has 0 aliphatic carbocycles. The number of pyridine rings is 1. The number of ether oxygens (including phenoxy) is 1. The van der Waals surface area contributed by atoms with Gasteiger partial charge in [0.05, 0.1) is 4.92 Å². The number of non-ortho nitro benzene ring substituents is 1. The Balaban J connectivity index is 1.81. The smallest absolute Gasteiger partial charge is 0.269 e. The van der Waals surface area contributed by atoms with Gasteiger partial charge in [-0.3, -0.25) is 10.1 Å². The Labute approximate surface area is 127 Å². The van der Waals surface area contributed by atoms with E-state index in [1.165, 1.54) is 12.1 Å². The molecule has 22 heavy (non-hydrogen) atoms. The fourth-order valence-electron chi connectivity index (χ4n) is 2.21. The van der Waals surface area contributed by atoms with Gasteiger partial charge in [-0.1, -0.05) is 18.2 Å². The number of fused-ring (bicyclic) bond motifs is 1. The summed E-state index contributed by atoms with van der Waals surface area (Å²) in [5.74, 6) is 0.708. The van der Waals surface area contributed by atoms with Crippen molar-refractivity contribution in [3.8, 4) is 5.75 Å². The molecule has 5 nitrogen and oxygen atoms in total. The molecule has 0 N–H and O–H groups in total. The van der Waals surface area contributed by atoms with Crippen LogP contribution in [0.3, 0.4) is 0 Å². The minimum absolute atomic E-state index is 0.0752. The van der Waals surface area contributed by atoms with Crippen molar-refractivity contribution in [2.45, 2.75) is 13.5 Å². The fraction of sp³-hybridized carbons (Fsp3) is 0.118. The van der Waals surface area contributed by atoms with Crippen LogP contribution in [0.25, 0.3) is 10.9 Å². The Morgan fingerprint density at radius 2 is 1.86 bits per heavy atom. The third kappa shape index (κ3) is 2.88. The number of hydrogen-bond acceptors (Lipinski definition) is 4. The predicted octanol–water partition coefficient (Wildman–Crippen LogP) is 4.03. The van der Waals surface area contributed by atoms with Crippen LogP contribution in [-0.2, 0) is 6.61 Å². The molecule has 0 unspecified atom stereocenters. The normalized spacial score (nSPS) is 10.6. The van der Waals surface area contributed by atoms with Crippen LogP contribution in [0.15, 0.2) is 54.6 Å². The average Bonchev–Trinajstić information content (AvgIpc) is 2.53. The van der Waals surface area contributed by atoms with Crippen LogP contribution >= 0.6 is 0 Å². The number of nitro benzene ring substituents is 1. The molecule has 1 aromatic heterocycles. The van der Waals surface area contributed by atoms with Crippen molar-refractivity contribution in [1.29, 1.82) is 0 Å². The van der Waals surface area contributed by atoms with Crippen LogP contribution < -0.4 is 4.74 Å². The average molecular weight is 294 g/mol. The lowest BCUT2D eigenvalue weighted by Crippen LogP contribution is -1.97. The Morgan fingerprint density at radius 3 is 2.59 bits per heavy atom. The highest BCUT2D eigenvalue weighted by atomic mass is 16.6. The minimum Gasteiger partial charge on any atom is -0.487 e. The molecule has 0 bridgehead atoms. The maximum absolute atomic E-state index is 10.6. The summed E-state index contributed by atoms with van der Waals surface area (Å²) in [6.45, 7) is 2.28. The molecule has 0 aliphatic rings. The zero-order valence-corrected chi connectivity index (χ0v) is 12.0. The molecule has 3 aromatic rings. The summed E-state index contributed by atoms with van der Waals surface area (Å²) < 4.78 is 5.83. The third-order valence-electron chi connectivity index (χ3n) is 3.36. The second-order valence-corrected chi connectivity index (χ2v) is 4.99. The van der Waals surface area contributed by atoms with E-state index >= 15 is 0 Å². The van der Waals surface area contributed by atoms with Gasteiger partial charge in [0.2, 0.25) is 0 Å². The van der Waals surface area contributed by atoms with E-state index in [0.717, 1.165) is 22.2 Å². The maximum Gasteiger partial charge on any atom is 0.269 e. The standard InChI is InChI=1S/C17H14N2O3/c1-12-5-8-14-3-2-4-16(17(14)18-12)22-11-13-6-9-15(10-7-13)19(20)21/h2-10H,11H2,1H3. The lowest BCUT2D eigenvalue weighted by molar-refractivity contribution is -0.384.